The molecule has 1 atom stereocenters. The highest BCUT2D eigenvalue weighted by atomic mass is 16.3. The van der Waals surface area contributed by atoms with Crippen LogP contribution in [0.3, 0.4) is 0 Å². The maximum atomic E-state index is 13.5. The molecule has 37 heavy (non-hydrogen) atoms. The summed E-state index contributed by atoms with van der Waals surface area (Å²) in [6.07, 6.45) is 6.32. The van der Waals surface area contributed by atoms with E-state index in [9.17, 15) is 9.59 Å². The molecule has 4 aromatic rings. The molecule has 4 heterocycles. The summed E-state index contributed by atoms with van der Waals surface area (Å²) in [6.45, 7) is 6.67. The van der Waals surface area contributed by atoms with Crippen molar-refractivity contribution in [1.29, 1.82) is 0 Å². The first-order valence-electron chi connectivity index (χ1n) is 12.9. The number of amides is 2. The predicted octanol–water partition coefficient (Wildman–Crippen LogP) is 4.36. The van der Waals surface area contributed by atoms with Gasteiger partial charge in [0.2, 0.25) is 0 Å². The highest BCUT2D eigenvalue weighted by Crippen LogP contribution is 2.59. The molecule has 6 rings (SSSR count). The number of piperidine rings is 1. The number of rotatable bonds is 6. The number of nitrogens with zero attached hydrogens (tertiary/aromatic N) is 4. The lowest BCUT2D eigenvalue weighted by Crippen LogP contribution is -2.40. The van der Waals surface area contributed by atoms with Gasteiger partial charge in [0, 0.05) is 36.9 Å². The van der Waals surface area contributed by atoms with E-state index in [1.165, 1.54) is 0 Å². The summed E-state index contributed by atoms with van der Waals surface area (Å²) in [7, 11) is 0. The van der Waals surface area contributed by atoms with E-state index in [4.69, 9.17) is 4.42 Å². The Hall–Kier alpha value is -3.94. The molecule has 2 fully saturated rings. The first-order valence-corrected chi connectivity index (χ1v) is 12.9. The maximum Gasteiger partial charge on any atom is 0.287 e. The topological polar surface area (TPSA) is 93.3 Å². The number of benzene rings is 1. The Morgan fingerprint density at radius 1 is 1.14 bits per heavy atom. The number of carbonyl (C=O) groups excluding carboxylic acids is 2. The molecular formula is C29H31N5O3. The third kappa shape index (κ3) is 4.41. The number of furan rings is 1. The fourth-order valence-corrected chi connectivity index (χ4v) is 5.86. The van der Waals surface area contributed by atoms with Gasteiger partial charge in [-0.2, -0.15) is 5.10 Å². The largest absolute Gasteiger partial charge is 0.449 e. The van der Waals surface area contributed by atoms with E-state index in [2.05, 4.69) is 27.5 Å². The number of fused-ring (bicyclic) bond motifs is 1. The monoisotopic (exact) mass is 497 g/mol. The molecule has 8 nitrogen and oxygen atoms in total. The predicted molar refractivity (Wildman–Crippen MR) is 139 cm³/mol. The van der Waals surface area contributed by atoms with Crippen LogP contribution in [-0.2, 0) is 6.54 Å². The molecule has 1 aliphatic heterocycles. The molecule has 1 unspecified atom stereocenters. The van der Waals surface area contributed by atoms with Crippen molar-refractivity contribution in [2.45, 2.75) is 39.7 Å². The number of carbonyl (C=O) groups is 2. The van der Waals surface area contributed by atoms with Gasteiger partial charge in [0.15, 0.2) is 11.3 Å². The van der Waals surface area contributed by atoms with Crippen LogP contribution in [0.4, 0.5) is 0 Å². The molecule has 3 aromatic heterocycles. The number of likely N-dealkylation sites (tertiary alicyclic amines) is 1. The van der Waals surface area contributed by atoms with Gasteiger partial charge in [0.05, 0.1) is 24.0 Å². The molecule has 190 valence electrons. The maximum absolute atomic E-state index is 13.5. The number of hydrogen-bond acceptors (Lipinski definition) is 5. The molecule has 0 radical (unpaired) electrons. The van der Waals surface area contributed by atoms with Gasteiger partial charge in [-0.05, 0) is 62.1 Å². The quantitative estimate of drug-likeness (QED) is 0.427. The molecule has 2 aliphatic rings. The fraction of sp³-hybridized carbons (Fsp3) is 0.379. The minimum Gasteiger partial charge on any atom is -0.449 e. The van der Waals surface area contributed by atoms with Crippen LogP contribution in [0.1, 0.15) is 57.1 Å². The van der Waals surface area contributed by atoms with E-state index in [1.54, 1.807) is 18.5 Å². The van der Waals surface area contributed by atoms with Gasteiger partial charge in [-0.1, -0.05) is 30.3 Å². The van der Waals surface area contributed by atoms with Gasteiger partial charge in [0.1, 0.15) is 0 Å². The average molecular weight is 498 g/mol. The summed E-state index contributed by atoms with van der Waals surface area (Å²) >= 11 is 0. The molecule has 8 heteroatoms. The molecule has 1 saturated heterocycles. The lowest BCUT2D eigenvalue weighted by molar-refractivity contribution is 0.0667. The Labute approximate surface area is 215 Å². The lowest BCUT2D eigenvalue weighted by atomic mass is 9.90. The van der Waals surface area contributed by atoms with E-state index in [1.807, 2.05) is 47.7 Å². The molecule has 0 bridgehead atoms. The number of aryl methyl sites for hydroxylation is 1. The van der Waals surface area contributed by atoms with Gasteiger partial charge in [0.25, 0.3) is 11.8 Å². The van der Waals surface area contributed by atoms with Crippen LogP contribution in [0, 0.1) is 25.2 Å². The molecule has 1 N–H and O–H groups in total. The minimum atomic E-state index is -0.190. The van der Waals surface area contributed by atoms with Crippen molar-refractivity contribution >= 4 is 22.8 Å². The van der Waals surface area contributed by atoms with Crippen molar-refractivity contribution in [3.8, 4) is 0 Å². The second-order valence-electron chi connectivity index (χ2n) is 10.5. The normalized spacial score (nSPS) is 18.3. The number of nitrogens with one attached hydrogen (secondary N) is 1. The summed E-state index contributed by atoms with van der Waals surface area (Å²) in [5.74, 6) is 0.645. The Kier molecular flexibility index (Phi) is 5.82. The summed E-state index contributed by atoms with van der Waals surface area (Å²) in [4.78, 5) is 32.1. The molecule has 1 saturated carbocycles. The van der Waals surface area contributed by atoms with E-state index in [0.717, 1.165) is 60.3 Å². The van der Waals surface area contributed by atoms with Crippen LogP contribution in [0.5, 0.6) is 0 Å². The van der Waals surface area contributed by atoms with Gasteiger partial charge in [-0.15, -0.1) is 0 Å². The second-order valence-corrected chi connectivity index (χ2v) is 10.5. The zero-order valence-corrected chi connectivity index (χ0v) is 21.2. The van der Waals surface area contributed by atoms with Crippen molar-refractivity contribution in [1.82, 2.24) is 25.0 Å². The van der Waals surface area contributed by atoms with E-state index < -0.39 is 0 Å². The van der Waals surface area contributed by atoms with Crippen LogP contribution in [0.2, 0.25) is 0 Å². The van der Waals surface area contributed by atoms with E-state index in [-0.39, 0.29) is 17.2 Å². The van der Waals surface area contributed by atoms with E-state index in [0.29, 0.717) is 30.4 Å². The van der Waals surface area contributed by atoms with Crippen molar-refractivity contribution in [3.05, 3.63) is 83.1 Å². The van der Waals surface area contributed by atoms with E-state index >= 15 is 0 Å². The smallest absolute Gasteiger partial charge is 0.287 e. The van der Waals surface area contributed by atoms with Crippen molar-refractivity contribution in [3.63, 3.8) is 0 Å². The first-order chi connectivity index (χ1) is 17.9. The number of pyridine rings is 1. The molecule has 1 aromatic carbocycles. The Morgan fingerprint density at radius 3 is 2.68 bits per heavy atom. The lowest BCUT2D eigenvalue weighted by Gasteiger charge is -2.33. The molecule has 1 spiro atoms. The van der Waals surface area contributed by atoms with Crippen molar-refractivity contribution < 1.29 is 14.0 Å². The van der Waals surface area contributed by atoms with Crippen LogP contribution in [0.15, 0.2) is 59.3 Å². The molecular weight excluding hydrogens is 466 g/mol. The highest BCUT2D eigenvalue weighted by molar-refractivity contribution is 5.97. The fourth-order valence-electron chi connectivity index (χ4n) is 5.86. The summed E-state index contributed by atoms with van der Waals surface area (Å²) in [6, 6.07) is 13.8. The average Bonchev–Trinajstić information content (AvgIpc) is 3.25. The van der Waals surface area contributed by atoms with Gasteiger partial charge >= 0.3 is 0 Å². The van der Waals surface area contributed by atoms with Crippen LogP contribution in [0.25, 0.3) is 11.0 Å². The van der Waals surface area contributed by atoms with Crippen LogP contribution in [-0.4, -0.2) is 51.1 Å². The number of hydrogen-bond donors (Lipinski definition) is 1. The molecule has 2 amide bonds. The third-order valence-electron chi connectivity index (χ3n) is 8.23. The zero-order chi connectivity index (χ0) is 25.6. The van der Waals surface area contributed by atoms with Crippen LogP contribution < -0.4 is 5.32 Å². The summed E-state index contributed by atoms with van der Waals surface area (Å²) in [5, 5.41) is 8.59. The minimum absolute atomic E-state index is 0.0778. The highest BCUT2D eigenvalue weighted by Gasteiger charge is 2.55. The molecule has 1 aliphatic carbocycles. The van der Waals surface area contributed by atoms with Crippen molar-refractivity contribution in [2.75, 3.05) is 19.6 Å². The summed E-state index contributed by atoms with van der Waals surface area (Å²) in [5.41, 5.74) is 4.43. The zero-order valence-electron chi connectivity index (χ0n) is 21.2. The first kappa shape index (κ1) is 23.5. The Balaban J connectivity index is 1.04. The number of aromatic nitrogens is 3. The van der Waals surface area contributed by atoms with Crippen molar-refractivity contribution in [2.24, 2.45) is 11.3 Å². The van der Waals surface area contributed by atoms with Gasteiger partial charge in [-0.25, -0.2) is 0 Å². The SMILES string of the molecule is Cc1nn(Cc2ccccc2)c(C)c1C(=O)N1CCC2(CC1)CC2CNC(=O)c1cc2ccncc2o1. The Bertz CT molecular complexity index is 1430. The standard InChI is InChI=1S/C29H31N5O3/c1-19-26(20(2)34(32-19)18-21-6-4-3-5-7-21)28(36)33-12-9-29(10-13-33)15-23(29)16-31-27(35)24-14-22-8-11-30-17-25(22)37-24/h3-8,11,14,17,23H,9-10,12-13,15-16,18H2,1-2H3,(H,31,35). The van der Waals surface area contributed by atoms with Gasteiger partial charge < -0.3 is 14.6 Å². The second kappa shape index (κ2) is 9.18. The van der Waals surface area contributed by atoms with Gasteiger partial charge in [-0.3, -0.25) is 19.3 Å². The summed E-state index contributed by atoms with van der Waals surface area (Å²) < 4.78 is 7.56. The Morgan fingerprint density at radius 2 is 1.92 bits per heavy atom. The van der Waals surface area contributed by atoms with Crippen LogP contribution >= 0.6 is 0 Å². The third-order valence-corrected chi connectivity index (χ3v) is 8.23.